The summed E-state index contributed by atoms with van der Waals surface area (Å²) in [5.74, 6) is -1.48. The highest BCUT2D eigenvalue weighted by Crippen LogP contribution is 2.31. The number of hydrogen-bond donors (Lipinski definition) is 1. The Morgan fingerprint density at radius 2 is 1.75 bits per heavy atom. The molecule has 2 rings (SSSR count). The number of nitrogens with one attached hydrogen (secondary N) is 1. The third-order valence-corrected chi connectivity index (χ3v) is 4.25. The van der Waals surface area contributed by atoms with Crippen LogP contribution < -0.4 is 5.32 Å². The summed E-state index contributed by atoms with van der Waals surface area (Å²) < 4.78 is 46.8. The zero-order chi connectivity index (χ0) is 20.7. The average Bonchev–Trinajstić information content (AvgIpc) is 2.67. The van der Waals surface area contributed by atoms with Gasteiger partial charge in [0, 0.05) is 16.8 Å². The molecular formula is C18H15F3N2O4S. The van der Waals surface area contributed by atoms with Gasteiger partial charge in [0.1, 0.15) is 10.7 Å². The third-order valence-electron chi connectivity index (χ3n) is 3.29. The van der Waals surface area contributed by atoms with Gasteiger partial charge in [0.2, 0.25) is 0 Å². The molecule has 0 unspecified atom stereocenters. The minimum absolute atomic E-state index is 0.112. The Morgan fingerprint density at radius 3 is 2.25 bits per heavy atom. The topological polar surface area (TPSA) is 77.5 Å². The second kappa shape index (κ2) is 9.27. The van der Waals surface area contributed by atoms with Gasteiger partial charge in [-0.15, -0.1) is 0 Å². The van der Waals surface area contributed by atoms with Gasteiger partial charge in [-0.05, 0) is 36.4 Å². The highest BCUT2D eigenvalue weighted by atomic mass is 32.2. The van der Waals surface area contributed by atoms with Crippen LogP contribution in [0.1, 0.15) is 5.56 Å². The minimum atomic E-state index is -4.43. The van der Waals surface area contributed by atoms with Crippen LogP contribution in [0.15, 0.2) is 64.3 Å². The number of hydrogen-bond acceptors (Lipinski definition) is 7. The van der Waals surface area contributed by atoms with Crippen LogP contribution in [0.5, 0.6) is 0 Å². The summed E-state index contributed by atoms with van der Waals surface area (Å²) in [5.41, 5.74) is -0.437. The summed E-state index contributed by atoms with van der Waals surface area (Å²) in [7, 11) is 2.35. The zero-order valence-electron chi connectivity index (χ0n) is 14.7. The van der Waals surface area contributed by atoms with E-state index in [1.165, 1.54) is 32.0 Å². The zero-order valence-corrected chi connectivity index (χ0v) is 15.6. The monoisotopic (exact) mass is 412 g/mol. The summed E-state index contributed by atoms with van der Waals surface area (Å²) in [6, 6.07) is 8.86. The highest BCUT2D eigenvalue weighted by Gasteiger charge is 2.30. The second-order valence-corrected chi connectivity index (χ2v) is 6.30. The van der Waals surface area contributed by atoms with Crippen molar-refractivity contribution in [2.45, 2.75) is 16.1 Å². The number of alkyl halides is 3. The lowest BCUT2D eigenvalue weighted by molar-refractivity contribution is -0.138. The van der Waals surface area contributed by atoms with Crippen molar-refractivity contribution in [2.24, 2.45) is 0 Å². The minimum Gasteiger partial charge on any atom is -0.466 e. The summed E-state index contributed by atoms with van der Waals surface area (Å²) in [5, 5.41) is 3.14. The van der Waals surface area contributed by atoms with Crippen LogP contribution in [0.2, 0.25) is 0 Å². The molecule has 0 amide bonds. The van der Waals surface area contributed by atoms with Crippen molar-refractivity contribution < 1.29 is 32.2 Å². The average molecular weight is 412 g/mol. The van der Waals surface area contributed by atoms with Crippen LogP contribution in [0, 0.1) is 0 Å². The number of benzene rings is 1. The lowest BCUT2D eigenvalue weighted by atomic mass is 10.3. The lowest BCUT2D eigenvalue weighted by Gasteiger charge is -2.10. The van der Waals surface area contributed by atoms with E-state index in [4.69, 9.17) is 0 Å². The van der Waals surface area contributed by atoms with E-state index < -0.39 is 23.7 Å². The van der Waals surface area contributed by atoms with Crippen LogP contribution in [0.25, 0.3) is 0 Å². The molecule has 2 aromatic rings. The molecule has 0 saturated carbocycles. The first-order valence-electron chi connectivity index (χ1n) is 7.69. The van der Waals surface area contributed by atoms with Gasteiger partial charge in [0.15, 0.2) is 0 Å². The molecule has 0 aliphatic carbocycles. The van der Waals surface area contributed by atoms with Gasteiger partial charge in [-0.25, -0.2) is 14.6 Å². The number of anilines is 1. The van der Waals surface area contributed by atoms with Gasteiger partial charge in [-0.1, -0.05) is 11.8 Å². The molecule has 0 fully saturated rings. The Kier molecular flexibility index (Phi) is 7.05. The Bertz CT molecular complexity index is 866. The van der Waals surface area contributed by atoms with E-state index in [2.05, 4.69) is 19.8 Å². The van der Waals surface area contributed by atoms with Gasteiger partial charge in [-0.3, -0.25) is 0 Å². The van der Waals surface area contributed by atoms with Crippen molar-refractivity contribution in [1.29, 1.82) is 0 Å². The van der Waals surface area contributed by atoms with Crippen molar-refractivity contribution in [1.82, 2.24) is 4.98 Å². The molecule has 0 aliphatic heterocycles. The van der Waals surface area contributed by atoms with Gasteiger partial charge < -0.3 is 14.8 Å². The quantitative estimate of drug-likeness (QED) is 0.570. The van der Waals surface area contributed by atoms with E-state index in [0.717, 1.165) is 23.2 Å². The van der Waals surface area contributed by atoms with Crippen LogP contribution in [-0.2, 0) is 25.2 Å². The number of carbonyl (C=O) groups excluding carboxylic acids is 2. The van der Waals surface area contributed by atoms with Gasteiger partial charge >= 0.3 is 18.1 Å². The van der Waals surface area contributed by atoms with Crippen LogP contribution in [-0.4, -0.2) is 31.1 Å². The number of halogens is 3. The number of nitrogens with zero attached hydrogens (tertiary/aromatic N) is 1. The number of ether oxygens (including phenoxy) is 2. The molecule has 148 valence electrons. The van der Waals surface area contributed by atoms with Crippen molar-refractivity contribution in [3.8, 4) is 0 Å². The van der Waals surface area contributed by atoms with Gasteiger partial charge in [0.25, 0.3) is 0 Å². The predicted octanol–water partition coefficient (Wildman–Crippen LogP) is 3.89. The molecule has 1 N–H and O–H groups in total. The second-order valence-electron chi connectivity index (χ2n) is 5.21. The SMILES string of the molecule is COC(=O)/C=C(/Nc1ccc(Sc2ccc(C(F)(F)F)cn2)cc1)C(=O)OC. The Hall–Kier alpha value is -3.01. The number of esters is 2. The molecule has 0 bridgehead atoms. The fraction of sp³-hybridized carbons (Fsp3) is 0.167. The molecule has 0 saturated heterocycles. The first kappa shape index (κ1) is 21.3. The fourth-order valence-electron chi connectivity index (χ4n) is 1.92. The summed E-state index contributed by atoms with van der Waals surface area (Å²) >= 11 is 1.17. The van der Waals surface area contributed by atoms with Crippen LogP contribution in [0.3, 0.4) is 0 Å². The molecule has 0 radical (unpaired) electrons. The normalized spacial score (nSPS) is 11.7. The Balaban J connectivity index is 2.09. The van der Waals surface area contributed by atoms with Gasteiger partial charge in [-0.2, -0.15) is 13.2 Å². The molecule has 1 heterocycles. The molecule has 28 heavy (non-hydrogen) atoms. The van der Waals surface area contributed by atoms with Crippen molar-refractivity contribution in [3.63, 3.8) is 0 Å². The largest absolute Gasteiger partial charge is 0.466 e. The van der Waals surface area contributed by atoms with Crippen LogP contribution in [0.4, 0.5) is 18.9 Å². The van der Waals surface area contributed by atoms with E-state index >= 15 is 0 Å². The molecular weight excluding hydrogens is 397 g/mol. The number of pyridine rings is 1. The maximum Gasteiger partial charge on any atom is 0.417 e. The number of carbonyl (C=O) groups is 2. The lowest BCUT2D eigenvalue weighted by Crippen LogP contribution is -2.15. The predicted molar refractivity (Wildman–Crippen MR) is 95.5 cm³/mol. The summed E-state index contributed by atoms with van der Waals surface area (Å²) in [6.45, 7) is 0. The summed E-state index contributed by atoms with van der Waals surface area (Å²) in [6.07, 6.45) is -2.70. The van der Waals surface area contributed by atoms with Crippen molar-refractivity contribution in [3.05, 3.63) is 59.9 Å². The maximum absolute atomic E-state index is 12.6. The fourth-order valence-corrected chi connectivity index (χ4v) is 2.68. The van der Waals surface area contributed by atoms with E-state index in [1.807, 2.05) is 0 Å². The smallest absolute Gasteiger partial charge is 0.417 e. The molecule has 1 aromatic heterocycles. The van der Waals surface area contributed by atoms with E-state index in [-0.39, 0.29) is 5.70 Å². The molecule has 0 aliphatic rings. The first-order chi connectivity index (χ1) is 13.2. The Labute approximate surface area is 162 Å². The van der Waals surface area contributed by atoms with E-state index in [0.29, 0.717) is 10.7 Å². The van der Waals surface area contributed by atoms with Crippen molar-refractivity contribution >= 4 is 29.4 Å². The molecule has 0 spiro atoms. The van der Waals surface area contributed by atoms with Crippen molar-refractivity contribution in [2.75, 3.05) is 19.5 Å². The van der Waals surface area contributed by atoms with Crippen LogP contribution >= 0.6 is 11.8 Å². The molecule has 10 heteroatoms. The number of methoxy groups -OCH3 is 2. The summed E-state index contributed by atoms with van der Waals surface area (Å²) in [4.78, 5) is 27.6. The molecule has 1 aromatic carbocycles. The molecule has 6 nitrogen and oxygen atoms in total. The van der Waals surface area contributed by atoms with E-state index in [9.17, 15) is 22.8 Å². The number of rotatable bonds is 6. The number of aromatic nitrogens is 1. The third kappa shape index (κ3) is 6.02. The Morgan fingerprint density at radius 1 is 1.07 bits per heavy atom. The highest BCUT2D eigenvalue weighted by molar-refractivity contribution is 7.99. The van der Waals surface area contributed by atoms with Gasteiger partial charge in [0.05, 0.1) is 25.9 Å². The maximum atomic E-state index is 12.6. The molecule has 0 atom stereocenters. The van der Waals surface area contributed by atoms with E-state index in [1.54, 1.807) is 24.3 Å². The first-order valence-corrected chi connectivity index (χ1v) is 8.50. The standard InChI is InChI=1S/C18H15F3N2O4S/c1-26-16(24)9-14(17(25)27-2)23-12-4-6-13(7-5-12)28-15-8-3-11(10-22-15)18(19,20)21/h3-10,23H,1-2H3/b14-9+.